The monoisotopic (exact) mass is 461 g/mol. The number of hydrogen-bond acceptors (Lipinski definition) is 3. The van der Waals surface area contributed by atoms with E-state index in [1.165, 1.54) is 15.9 Å². The average molecular weight is 462 g/mol. The second kappa shape index (κ2) is 8.89. The van der Waals surface area contributed by atoms with Crippen LogP contribution in [0.2, 0.25) is 0 Å². The van der Waals surface area contributed by atoms with Crippen molar-refractivity contribution in [3.63, 3.8) is 0 Å². The van der Waals surface area contributed by atoms with Gasteiger partial charge < -0.3 is 10.2 Å². The maximum absolute atomic E-state index is 14.4. The minimum absolute atomic E-state index is 0.0938. The molecule has 3 aromatic rings. The normalized spacial score (nSPS) is 13.8. The van der Waals surface area contributed by atoms with Gasteiger partial charge >= 0.3 is 0 Å². The van der Waals surface area contributed by atoms with Crippen LogP contribution >= 0.6 is 0 Å². The molecule has 1 unspecified atom stereocenters. The minimum atomic E-state index is -0.873. The van der Waals surface area contributed by atoms with E-state index >= 15 is 0 Å². The van der Waals surface area contributed by atoms with Crippen LogP contribution in [0.1, 0.15) is 43.6 Å². The Balaban J connectivity index is 1.64. The van der Waals surface area contributed by atoms with Gasteiger partial charge in [0.2, 0.25) is 11.8 Å². The first kappa shape index (κ1) is 23.4. The summed E-state index contributed by atoms with van der Waals surface area (Å²) in [4.78, 5) is 42.4. The Morgan fingerprint density at radius 3 is 2.38 bits per heavy atom. The lowest BCUT2D eigenvalue weighted by Gasteiger charge is -2.32. The van der Waals surface area contributed by atoms with Crippen molar-refractivity contribution in [2.75, 3.05) is 11.4 Å². The van der Waals surface area contributed by atoms with Crippen LogP contribution < -0.4 is 10.2 Å². The number of rotatable bonds is 6. The highest BCUT2D eigenvalue weighted by molar-refractivity contribution is 6.26. The van der Waals surface area contributed by atoms with Gasteiger partial charge in [-0.2, -0.15) is 0 Å². The predicted molar refractivity (Wildman–Crippen MR) is 130 cm³/mol. The molecular formula is C27H28FN3O3. The summed E-state index contributed by atoms with van der Waals surface area (Å²) >= 11 is 0. The zero-order valence-electron chi connectivity index (χ0n) is 19.8. The number of benzene rings is 3. The molecule has 7 heteroatoms. The number of nitrogens with one attached hydrogen (secondary N) is 1. The van der Waals surface area contributed by atoms with Crippen molar-refractivity contribution < 1.29 is 18.8 Å². The van der Waals surface area contributed by atoms with Crippen LogP contribution in [0.3, 0.4) is 0 Å². The third kappa shape index (κ3) is 4.51. The van der Waals surface area contributed by atoms with E-state index in [1.807, 2.05) is 45.0 Å². The van der Waals surface area contributed by atoms with Gasteiger partial charge in [0.05, 0.1) is 5.69 Å². The molecule has 4 rings (SSSR count). The molecule has 1 atom stereocenters. The molecule has 3 amide bonds. The lowest BCUT2D eigenvalue weighted by atomic mass is 10.1. The molecule has 0 aliphatic carbocycles. The number of carbonyl (C=O) groups excluding carboxylic acids is 3. The fourth-order valence-corrected chi connectivity index (χ4v) is 4.23. The molecule has 176 valence electrons. The number of halogens is 1. The Morgan fingerprint density at radius 1 is 1.03 bits per heavy atom. The van der Waals surface area contributed by atoms with Crippen molar-refractivity contribution >= 4 is 34.2 Å². The molecule has 0 bridgehead atoms. The summed E-state index contributed by atoms with van der Waals surface area (Å²) in [7, 11) is 0. The van der Waals surface area contributed by atoms with Crippen LogP contribution in [-0.4, -0.2) is 40.7 Å². The van der Waals surface area contributed by atoms with Gasteiger partial charge in [0.15, 0.2) is 0 Å². The van der Waals surface area contributed by atoms with Crippen molar-refractivity contribution in [2.45, 2.75) is 45.8 Å². The summed E-state index contributed by atoms with van der Waals surface area (Å²) in [5, 5.41) is 4.60. The van der Waals surface area contributed by atoms with E-state index in [0.717, 1.165) is 10.8 Å². The molecular weight excluding hydrogens is 433 g/mol. The molecule has 0 saturated carbocycles. The maximum Gasteiger partial charge on any atom is 0.259 e. The average Bonchev–Trinajstić information content (AvgIpc) is 3.05. The molecule has 1 aliphatic heterocycles. The van der Waals surface area contributed by atoms with Crippen LogP contribution in [-0.2, 0) is 16.1 Å². The first-order valence-electron chi connectivity index (χ1n) is 11.3. The largest absolute Gasteiger partial charge is 0.350 e. The van der Waals surface area contributed by atoms with E-state index in [2.05, 4.69) is 5.32 Å². The number of hydrogen-bond donors (Lipinski definition) is 1. The summed E-state index contributed by atoms with van der Waals surface area (Å²) in [5.74, 6) is -1.52. The van der Waals surface area contributed by atoms with E-state index in [1.54, 1.807) is 37.3 Å². The second-order valence-corrected chi connectivity index (χ2v) is 9.60. The first-order chi connectivity index (χ1) is 16.1. The summed E-state index contributed by atoms with van der Waals surface area (Å²) in [5.41, 5.74) is 0.994. The van der Waals surface area contributed by atoms with Crippen LogP contribution in [0.15, 0.2) is 60.7 Å². The lowest BCUT2D eigenvalue weighted by Crippen LogP contribution is -2.54. The van der Waals surface area contributed by atoms with E-state index in [0.29, 0.717) is 16.8 Å². The lowest BCUT2D eigenvalue weighted by molar-refractivity contribution is -0.140. The van der Waals surface area contributed by atoms with Crippen LogP contribution in [0.25, 0.3) is 10.8 Å². The molecule has 0 fully saturated rings. The second-order valence-electron chi connectivity index (χ2n) is 9.60. The standard InChI is InChI=1S/C27H28FN3O3/c1-17(25(33)29-27(2,3)4)30(15-19-9-5-6-13-21(19)28)23(32)16-31-22-14-8-11-18-10-7-12-20(24(18)22)26(31)34/h5-14,17H,15-16H2,1-4H3,(H,29,33). The molecule has 0 saturated heterocycles. The quantitative estimate of drug-likeness (QED) is 0.596. The van der Waals surface area contributed by atoms with E-state index in [-0.39, 0.29) is 24.9 Å². The summed E-state index contributed by atoms with van der Waals surface area (Å²) in [6.07, 6.45) is 0. The highest BCUT2D eigenvalue weighted by atomic mass is 19.1. The third-order valence-electron chi connectivity index (χ3n) is 5.91. The molecule has 0 aromatic heterocycles. The van der Waals surface area contributed by atoms with Crippen molar-refractivity contribution in [3.8, 4) is 0 Å². The maximum atomic E-state index is 14.4. The van der Waals surface area contributed by atoms with Crippen LogP contribution in [0, 0.1) is 5.82 Å². The molecule has 1 N–H and O–H groups in total. The Bertz CT molecular complexity index is 1280. The Labute approximate surface area is 198 Å². The highest BCUT2D eigenvalue weighted by Crippen LogP contribution is 2.37. The number of carbonyl (C=O) groups is 3. The summed E-state index contributed by atoms with van der Waals surface area (Å²) < 4.78 is 14.4. The van der Waals surface area contributed by atoms with E-state index in [9.17, 15) is 18.8 Å². The molecule has 34 heavy (non-hydrogen) atoms. The molecule has 6 nitrogen and oxygen atoms in total. The fraction of sp³-hybridized carbons (Fsp3) is 0.296. The van der Waals surface area contributed by atoms with Gasteiger partial charge in [0.1, 0.15) is 18.4 Å². The highest BCUT2D eigenvalue weighted by Gasteiger charge is 2.35. The molecule has 3 aromatic carbocycles. The first-order valence-corrected chi connectivity index (χ1v) is 11.3. The van der Waals surface area contributed by atoms with Crippen molar-refractivity contribution in [2.24, 2.45) is 0 Å². The molecule has 0 spiro atoms. The Hall–Kier alpha value is -3.74. The molecule has 1 heterocycles. The zero-order chi connectivity index (χ0) is 24.6. The smallest absolute Gasteiger partial charge is 0.259 e. The van der Waals surface area contributed by atoms with Crippen molar-refractivity contribution in [1.82, 2.24) is 10.2 Å². The minimum Gasteiger partial charge on any atom is -0.350 e. The molecule has 0 radical (unpaired) electrons. The Kier molecular flexibility index (Phi) is 6.13. The van der Waals surface area contributed by atoms with Gasteiger partial charge in [-0.15, -0.1) is 0 Å². The van der Waals surface area contributed by atoms with Gasteiger partial charge in [0, 0.05) is 28.6 Å². The molecule has 1 aliphatic rings. The van der Waals surface area contributed by atoms with Gasteiger partial charge in [-0.25, -0.2) is 4.39 Å². The third-order valence-corrected chi connectivity index (χ3v) is 5.91. The van der Waals surface area contributed by atoms with Gasteiger partial charge in [-0.1, -0.05) is 42.5 Å². The van der Waals surface area contributed by atoms with E-state index < -0.39 is 23.3 Å². The van der Waals surface area contributed by atoms with Gasteiger partial charge in [0.25, 0.3) is 5.91 Å². The SMILES string of the molecule is CC(C(=O)NC(C)(C)C)N(Cc1ccccc1F)C(=O)CN1C(=O)c2cccc3cccc1c23. The summed E-state index contributed by atoms with van der Waals surface area (Å²) in [6.45, 7) is 6.81. The number of nitrogens with zero attached hydrogens (tertiary/aromatic N) is 2. The predicted octanol–water partition coefficient (Wildman–Crippen LogP) is 4.27. The summed E-state index contributed by atoms with van der Waals surface area (Å²) in [6, 6.07) is 16.3. The van der Waals surface area contributed by atoms with Crippen LogP contribution in [0.4, 0.5) is 10.1 Å². The fourth-order valence-electron chi connectivity index (χ4n) is 4.23. The Morgan fingerprint density at radius 2 is 1.71 bits per heavy atom. The zero-order valence-corrected chi connectivity index (χ0v) is 19.8. The van der Waals surface area contributed by atoms with Crippen molar-refractivity contribution in [3.05, 3.63) is 77.6 Å². The number of amides is 3. The van der Waals surface area contributed by atoms with Crippen molar-refractivity contribution in [1.29, 1.82) is 0 Å². The van der Waals surface area contributed by atoms with E-state index in [4.69, 9.17) is 0 Å². The van der Waals surface area contributed by atoms with Gasteiger partial charge in [-0.3, -0.25) is 19.3 Å². The number of anilines is 1. The van der Waals surface area contributed by atoms with Gasteiger partial charge in [-0.05, 0) is 51.3 Å². The topological polar surface area (TPSA) is 69.7 Å². The van der Waals surface area contributed by atoms with Crippen LogP contribution in [0.5, 0.6) is 0 Å².